The van der Waals surface area contributed by atoms with Crippen molar-refractivity contribution in [3.05, 3.63) is 52.1 Å². The third-order valence-electron chi connectivity index (χ3n) is 4.73. The summed E-state index contributed by atoms with van der Waals surface area (Å²) in [6, 6.07) is 4.56. The average Bonchev–Trinajstić information content (AvgIpc) is 2.62. The number of aryl methyl sites for hydroxylation is 3. The summed E-state index contributed by atoms with van der Waals surface area (Å²) in [5.74, 6) is 0.187. The second-order valence-corrected chi connectivity index (χ2v) is 6.24. The van der Waals surface area contributed by atoms with Gasteiger partial charge in [-0.05, 0) is 60.9 Å². The van der Waals surface area contributed by atoms with Crippen LogP contribution in [0.25, 0.3) is 0 Å². The standard InChI is InChI=1S/C22H29NO/c1-6-15-11-16(7-2)21(17(8-3)12-15)23-20-13-18(9-4)22(24)19(10-5)14-20/h11-14H,6-10H2,1-5H3. The van der Waals surface area contributed by atoms with Gasteiger partial charge in [0, 0.05) is 11.1 Å². The van der Waals surface area contributed by atoms with E-state index in [4.69, 9.17) is 4.99 Å². The van der Waals surface area contributed by atoms with Crippen molar-refractivity contribution in [2.75, 3.05) is 0 Å². The zero-order chi connectivity index (χ0) is 17.7. The minimum absolute atomic E-state index is 0.187. The van der Waals surface area contributed by atoms with E-state index in [2.05, 4.69) is 32.9 Å². The number of nitrogens with zero attached hydrogens (tertiary/aromatic N) is 1. The van der Waals surface area contributed by atoms with Crippen LogP contribution in [0.4, 0.5) is 5.69 Å². The van der Waals surface area contributed by atoms with Crippen molar-refractivity contribution in [1.82, 2.24) is 0 Å². The molecule has 0 bridgehead atoms. The molecule has 1 aromatic rings. The highest BCUT2D eigenvalue weighted by molar-refractivity contribution is 6.22. The number of hydrogen-bond acceptors (Lipinski definition) is 2. The molecule has 2 nitrogen and oxygen atoms in total. The van der Waals surface area contributed by atoms with Gasteiger partial charge in [0.1, 0.15) is 0 Å². The molecule has 0 aromatic heterocycles. The fourth-order valence-electron chi connectivity index (χ4n) is 3.17. The number of hydrogen-bond donors (Lipinski definition) is 0. The van der Waals surface area contributed by atoms with E-state index in [-0.39, 0.29) is 5.78 Å². The second-order valence-electron chi connectivity index (χ2n) is 6.24. The van der Waals surface area contributed by atoms with Crippen molar-refractivity contribution in [2.45, 2.75) is 66.7 Å². The van der Waals surface area contributed by atoms with Crippen LogP contribution < -0.4 is 0 Å². The number of benzene rings is 1. The van der Waals surface area contributed by atoms with E-state index < -0.39 is 0 Å². The van der Waals surface area contributed by atoms with Gasteiger partial charge in [0.2, 0.25) is 0 Å². The maximum Gasteiger partial charge on any atom is 0.185 e. The molecule has 1 aliphatic rings. The molecule has 0 atom stereocenters. The number of allylic oxidation sites excluding steroid dienone is 4. The van der Waals surface area contributed by atoms with Gasteiger partial charge in [-0.2, -0.15) is 0 Å². The maximum atomic E-state index is 12.3. The largest absolute Gasteiger partial charge is 0.289 e. The fraction of sp³-hybridized carbons (Fsp3) is 0.455. The van der Waals surface area contributed by atoms with Gasteiger partial charge < -0.3 is 0 Å². The third kappa shape index (κ3) is 3.75. The summed E-state index contributed by atoms with van der Waals surface area (Å²) in [5, 5.41) is 0. The fourth-order valence-corrected chi connectivity index (χ4v) is 3.17. The highest BCUT2D eigenvalue weighted by atomic mass is 16.1. The van der Waals surface area contributed by atoms with Gasteiger partial charge in [-0.3, -0.25) is 4.79 Å². The Bertz CT molecular complexity index is 668. The molecule has 0 amide bonds. The number of aliphatic imine (C=N–C) groups is 1. The molecule has 0 unspecified atom stereocenters. The predicted octanol–water partition coefficient (Wildman–Crippen LogP) is 5.70. The van der Waals surface area contributed by atoms with Crippen LogP contribution in [0.2, 0.25) is 0 Å². The van der Waals surface area contributed by atoms with Crippen molar-refractivity contribution in [1.29, 1.82) is 0 Å². The van der Waals surface area contributed by atoms with Gasteiger partial charge in [0.25, 0.3) is 0 Å². The quantitative estimate of drug-likeness (QED) is 0.617. The molecule has 1 aromatic carbocycles. The molecule has 0 aliphatic heterocycles. The molecule has 2 heteroatoms. The molecular formula is C22H29NO. The van der Waals surface area contributed by atoms with E-state index in [0.29, 0.717) is 0 Å². The molecule has 24 heavy (non-hydrogen) atoms. The van der Waals surface area contributed by atoms with E-state index in [1.54, 1.807) is 0 Å². The summed E-state index contributed by atoms with van der Waals surface area (Å²) in [7, 11) is 0. The summed E-state index contributed by atoms with van der Waals surface area (Å²) in [6.07, 6.45) is 8.44. The molecule has 0 N–H and O–H groups in total. The van der Waals surface area contributed by atoms with E-state index in [1.807, 2.05) is 26.0 Å². The number of rotatable bonds is 6. The smallest absolute Gasteiger partial charge is 0.185 e. The molecule has 0 heterocycles. The first-order valence-corrected chi connectivity index (χ1v) is 9.26. The average molecular weight is 323 g/mol. The first kappa shape index (κ1) is 18.4. The number of carbonyl (C=O) groups is 1. The molecule has 128 valence electrons. The Hall–Kier alpha value is -1.96. The molecule has 0 saturated heterocycles. The molecule has 1 aliphatic carbocycles. The first-order chi connectivity index (χ1) is 11.6. The highest BCUT2D eigenvalue weighted by Gasteiger charge is 2.18. The van der Waals surface area contributed by atoms with Crippen LogP contribution in [0, 0.1) is 0 Å². The first-order valence-electron chi connectivity index (χ1n) is 9.26. The van der Waals surface area contributed by atoms with E-state index in [9.17, 15) is 4.79 Å². The zero-order valence-electron chi connectivity index (χ0n) is 15.7. The molecule has 2 rings (SSSR count). The minimum Gasteiger partial charge on any atom is -0.289 e. The lowest BCUT2D eigenvalue weighted by molar-refractivity contribution is -0.112. The molecule has 0 saturated carbocycles. The lowest BCUT2D eigenvalue weighted by atomic mass is 9.92. The van der Waals surface area contributed by atoms with Crippen LogP contribution in [0.3, 0.4) is 0 Å². The Labute approximate surface area is 146 Å². The number of Topliss-reactive ketones (excluding diaryl/α,β-unsaturated/α-hetero) is 1. The van der Waals surface area contributed by atoms with Crippen molar-refractivity contribution < 1.29 is 4.79 Å². The zero-order valence-corrected chi connectivity index (χ0v) is 15.7. The van der Waals surface area contributed by atoms with Crippen molar-refractivity contribution in [3.63, 3.8) is 0 Å². The molecule has 0 spiro atoms. The van der Waals surface area contributed by atoms with Gasteiger partial charge in [0.05, 0.1) is 11.4 Å². The summed E-state index contributed by atoms with van der Waals surface area (Å²) in [6.45, 7) is 10.6. The van der Waals surface area contributed by atoms with Gasteiger partial charge >= 0.3 is 0 Å². The van der Waals surface area contributed by atoms with Gasteiger partial charge in [-0.1, -0.05) is 46.8 Å². The van der Waals surface area contributed by atoms with Gasteiger partial charge in [0.15, 0.2) is 5.78 Å². The van der Waals surface area contributed by atoms with Crippen LogP contribution in [0.1, 0.15) is 64.2 Å². The minimum atomic E-state index is 0.187. The van der Waals surface area contributed by atoms with Crippen LogP contribution in [0.5, 0.6) is 0 Å². The lowest BCUT2D eigenvalue weighted by Crippen LogP contribution is -2.13. The summed E-state index contributed by atoms with van der Waals surface area (Å²) >= 11 is 0. The Morgan fingerprint density at radius 2 is 1.25 bits per heavy atom. The Morgan fingerprint density at radius 3 is 1.62 bits per heavy atom. The van der Waals surface area contributed by atoms with Crippen LogP contribution in [-0.2, 0) is 24.1 Å². The van der Waals surface area contributed by atoms with Gasteiger partial charge in [-0.15, -0.1) is 0 Å². The van der Waals surface area contributed by atoms with Crippen molar-refractivity contribution >= 4 is 17.2 Å². The lowest BCUT2D eigenvalue weighted by Gasteiger charge is -2.16. The molecular weight excluding hydrogens is 294 g/mol. The summed E-state index contributed by atoms with van der Waals surface area (Å²) in [4.78, 5) is 17.3. The second kappa shape index (κ2) is 8.23. The Balaban J connectivity index is 2.59. The summed E-state index contributed by atoms with van der Waals surface area (Å²) in [5.41, 5.74) is 7.73. The topological polar surface area (TPSA) is 29.4 Å². The predicted molar refractivity (Wildman–Crippen MR) is 103 cm³/mol. The van der Waals surface area contributed by atoms with E-state index in [0.717, 1.165) is 54.6 Å². The van der Waals surface area contributed by atoms with E-state index >= 15 is 0 Å². The summed E-state index contributed by atoms with van der Waals surface area (Å²) < 4.78 is 0. The molecule has 0 fully saturated rings. The highest BCUT2D eigenvalue weighted by Crippen LogP contribution is 2.30. The Kier molecular flexibility index (Phi) is 6.30. The van der Waals surface area contributed by atoms with Crippen LogP contribution >= 0.6 is 0 Å². The Morgan fingerprint density at radius 1 is 0.750 bits per heavy atom. The number of carbonyl (C=O) groups excluding carboxylic acids is 1. The van der Waals surface area contributed by atoms with E-state index in [1.165, 1.54) is 16.7 Å². The normalized spacial score (nSPS) is 14.5. The maximum absolute atomic E-state index is 12.3. The molecule has 0 radical (unpaired) electrons. The SMILES string of the molecule is CCC1=CC(=Nc2c(CC)cc(CC)cc2CC)C=C(CC)C1=O. The van der Waals surface area contributed by atoms with Crippen molar-refractivity contribution in [3.8, 4) is 0 Å². The number of ketones is 1. The van der Waals surface area contributed by atoms with Gasteiger partial charge in [-0.25, -0.2) is 4.99 Å². The monoisotopic (exact) mass is 323 g/mol. The van der Waals surface area contributed by atoms with Crippen LogP contribution in [-0.4, -0.2) is 11.5 Å². The van der Waals surface area contributed by atoms with Crippen molar-refractivity contribution in [2.24, 2.45) is 4.99 Å². The van der Waals surface area contributed by atoms with Crippen LogP contribution in [0.15, 0.2) is 40.4 Å². The third-order valence-corrected chi connectivity index (χ3v) is 4.73.